The molecule has 1 aliphatic heterocycles. The van der Waals surface area contributed by atoms with Crippen LogP contribution in [-0.2, 0) is 34.9 Å². The second-order valence-electron chi connectivity index (χ2n) is 12.0. The molecule has 0 aromatic heterocycles. The number of imide groups is 1. The van der Waals surface area contributed by atoms with Gasteiger partial charge in [-0.25, -0.2) is 14.4 Å². The third-order valence-electron chi connectivity index (χ3n) is 6.00. The van der Waals surface area contributed by atoms with E-state index in [2.05, 4.69) is 6.92 Å². The summed E-state index contributed by atoms with van der Waals surface area (Å²) in [7, 11) is 0. The quantitative estimate of drug-likeness (QED) is 0.224. The zero-order chi connectivity index (χ0) is 29.2. The second-order valence-corrected chi connectivity index (χ2v) is 12.0. The van der Waals surface area contributed by atoms with E-state index in [4.69, 9.17) is 23.7 Å². The zero-order valence-electron chi connectivity index (χ0n) is 24.9. The van der Waals surface area contributed by atoms with Crippen molar-refractivity contribution in [2.24, 2.45) is 5.92 Å². The van der Waals surface area contributed by atoms with Crippen molar-refractivity contribution in [1.29, 1.82) is 0 Å². The van der Waals surface area contributed by atoms with Crippen LogP contribution in [0.4, 0.5) is 9.59 Å². The largest absolute Gasteiger partial charge is 0.458 e. The van der Waals surface area contributed by atoms with E-state index in [0.29, 0.717) is 17.9 Å². The molecule has 4 atom stereocenters. The second kappa shape index (κ2) is 14.7. The number of unbranched alkanes of at least 4 members (excludes halogenated alkanes) is 2. The van der Waals surface area contributed by atoms with Gasteiger partial charge >= 0.3 is 18.2 Å². The smallest absolute Gasteiger partial charge is 0.420 e. The fourth-order valence-corrected chi connectivity index (χ4v) is 4.27. The maximum absolute atomic E-state index is 13.5. The van der Waals surface area contributed by atoms with Gasteiger partial charge in [-0.1, -0.05) is 50.1 Å². The minimum Gasteiger partial charge on any atom is -0.458 e. The minimum absolute atomic E-state index is 0.132. The van der Waals surface area contributed by atoms with Crippen molar-refractivity contribution in [3.05, 3.63) is 35.9 Å². The van der Waals surface area contributed by atoms with Crippen molar-refractivity contribution < 1.29 is 38.1 Å². The summed E-state index contributed by atoms with van der Waals surface area (Å²) < 4.78 is 29.1. The van der Waals surface area contributed by atoms with Gasteiger partial charge in [0, 0.05) is 12.5 Å². The molecule has 2 rings (SSSR count). The summed E-state index contributed by atoms with van der Waals surface area (Å²) in [5, 5.41) is 0. The molecule has 0 unspecified atom stereocenters. The molecule has 9 nitrogen and oxygen atoms in total. The number of rotatable bonds is 8. The SMILES string of the molecule is CCCCCO[C@@H]1[C@@H](Cc2ccccc2)COC[C@H](N(C(=O)OC(C)(C)C)C(=O)OC(C)(C)C)C(=O)O[C@H]1C. The highest BCUT2D eigenvalue weighted by atomic mass is 16.6. The van der Waals surface area contributed by atoms with Crippen molar-refractivity contribution in [2.75, 3.05) is 19.8 Å². The lowest BCUT2D eigenvalue weighted by Crippen LogP contribution is -2.54. The number of benzene rings is 1. The fourth-order valence-electron chi connectivity index (χ4n) is 4.27. The van der Waals surface area contributed by atoms with Gasteiger partial charge in [-0.3, -0.25) is 0 Å². The van der Waals surface area contributed by atoms with Crippen LogP contribution in [0, 0.1) is 5.92 Å². The van der Waals surface area contributed by atoms with Crippen molar-refractivity contribution >= 4 is 18.2 Å². The molecule has 1 fully saturated rings. The number of amides is 2. The van der Waals surface area contributed by atoms with Gasteiger partial charge in [0.1, 0.15) is 17.3 Å². The molecule has 0 spiro atoms. The predicted molar refractivity (Wildman–Crippen MR) is 147 cm³/mol. The first-order valence-electron chi connectivity index (χ1n) is 13.9. The lowest BCUT2D eigenvalue weighted by molar-refractivity contribution is -0.163. The van der Waals surface area contributed by atoms with Gasteiger partial charge in [0.15, 0.2) is 6.04 Å². The number of hydrogen-bond donors (Lipinski definition) is 0. The molecule has 1 saturated heterocycles. The molecular formula is C30H47NO8. The van der Waals surface area contributed by atoms with Crippen molar-refractivity contribution in [3.8, 4) is 0 Å². The monoisotopic (exact) mass is 549 g/mol. The molecule has 9 heteroatoms. The number of nitrogens with zero attached hydrogens (tertiary/aromatic N) is 1. The molecule has 2 amide bonds. The molecule has 0 saturated carbocycles. The maximum Gasteiger partial charge on any atom is 0.420 e. The first kappa shape index (κ1) is 32.6. The highest BCUT2D eigenvalue weighted by Crippen LogP contribution is 2.25. The number of carbonyl (C=O) groups excluding carboxylic acids is 3. The lowest BCUT2D eigenvalue weighted by atomic mass is 9.91. The topological polar surface area (TPSA) is 101 Å². The van der Waals surface area contributed by atoms with Crippen LogP contribution in [0.1, 0.15) is 80.2 Å². The summed E-state index contributed by atoms with van der Waals surface area (Å²) >= 11 is 0. The van der Waals surface area contributed by atoms with E-state index in [0.717, 1.165) is 24.8 Å². The first-order chi connectivity index (χ1) is 18.2. The third-order valence-corrected chi connectivity index (χ3v) is 6.00. The number of esters is 1. The van der Waals surface area contributed by atoms with E-state index < -0.39 is 47.6 Å². The normalized spacial score (nSPS) is 22.6. The molecule has 1 heterocycles. The van der Waals surface area contributed by atoms with Crippen molar-refractivity contribution in [2.45, 2.75) is 111 Å². The molecule has 0 radical (unpaired) electrons. The molecule has 1 aromatic rings. The van der Waals surface area contributed by atoms with Crippen LogP contribution in [0.5, 0.6) is 0 Å². The van der Waals surface area contributed by atoms with E-state index in [1.807, 2.05) is 30.3 Å². The van der Waals surface area contributed by atoms with Crippen LogP contribution in [0.25, 0.3) is 0 Å². The molecular weight excluding hydrogens is 502 g/mol. The van der Waals surface area contributed by atoms with Crippen molar-refractivity contribution in [1.82, 2.24) is 4.90 Å². The Morgan fingerprint density at radius 2 is 1.54 bits per heavy atom. The summed E-state index contributed by atoms with van der Waals surface area (Å²) in [6.07, 6.45) is 0.502. The fraction of sp³-hybridized carbons (Fsp3) is 0.700. The van der Waals surface area contributed by atoms with Crippen molar-refractivity contribution in [3.63, 3.8) is 0 Å². The maximum atomic E-state index is 13.5. The van der Waals surface area contributed by atoms with Crippen LogP contribution in [0.3, 0.4) is 0 Å². The highest BCUT2D eigenvalue weighted by Gasteiger charge is 2.44. The summed E-state index contributed by atoms with van der Waals surface area (Å²) in [5.74, 6) is -0.922. The Kier molecular flexibility index (Phi) is 12.2. The van der Waals surface area contributed by atoms with Gasteiger partial charge in [-0.2, -0.15) is 4.90 Å². The Labute approximate surface area is 233 Å². The Morgan fingerprint density at radius 3 is 2.08 bits per heavy atom. The van der Waals surface area contributed by atoms with Crippen LogP contribution >= 0.6 is 0 Å². The van der Waals surface area contributed by atoms with E-state index in [1.165, 1.54) is 0 Å². The summed E-state index contributed by atoms with van der Waals surface area (Å²) in [6, 6.07) is 8.58. The Morgan fingerprint density at radius 1 is 0.949 bits per heavy atom. The van der Waals surface area contributed by atoms with Gasteiger partial charge in [0.25, 0.3) is 0 Å². The van der Waals surface area contributed by atoms with Crippen LogP contribution in [0.15, 0.2) is 30.3 Å². The standard InChI is InChI=1S/C30H47NO8/c1-9-10-14-17-36-25-21(2)37-26(32)24(20-35-19-23(25)18-22-15-12-11-13-16-22)31(27(33)38-29(3,4)5)28(34)39-30(6,7)8/h11-13,15-16,21,23-25H,9-10,14,17-20H2,1-8H3/t21-,23-,24-,25-/m0/s1. The number of ether oxygens (including phenoxy) is 5. The van der Waals surface area contributed by atoms with E-state index in [-0.39, 0.29) is 19.1 Å². The first-order valence-corrected chi connectivity index (χ1v) is 13.9. The molecule has 0 N–H and O–H groups in total. The van der Waals surface area contributed by atoms with E-state index >= 15 is 0 Å². The Balaban J connectivity index is 2.37. The zero-order valence-corrected chi connectivity index (χ0v) is 24.9. The third kappa shape index (κ3) is 11.2. The van der Waals surface area contributed by atoms with Gasteiger partial charge in [-0.15, -0.1) is 0 Å². The minimum atomic E-state index is -1.40. The van der Waals surface area contributed by atoms with Crippen LogP contribution in [0.2, 0.25) is 0 Å². The molecule has 39 heavy (non-hydrogen) atoms. The van der Waals surface area contributed by atoms with Crippen LogP contribution in [-0.4, -0.2) is 72.3 Å². The molecule has 1 aromatic carbocycles. The van der Waals surface area contributed by atoms with Gasteiger partial charge in [-0.05, 0) is 66.9 Å². The lowest BCUT2D eigenvalue weighted by Gasteiger charge is -2.32. The van der Waals surface area contributed by atoms with E-state index in [9.17, 15) is 14.4 Å². The summed E-state index contributed by atoms with van der Waals surface area (Å²) in [4.78, 5) is 40.5. The average molecular weight is 550 g/mol. The molecule has 0 aliphatic carbocycles. The molecule has 1 aliphatic rings. The predicted octanol–water partition coefficient (Wildman–Crippen LogP) is 5.92. The van der Waals surface area contributed by atoms with Gasteiger partial charge in [0.2, 0.25) is 0 Å². The number of hydrogen-bond acceptors (Lipinski definition) is 8. The number of carbonyl (C=O) groups is 3. The molecule has 220 valence electrons. The Hall–Kier alpha value is -2.65. The van der Waals surface area contributed by atoms with Gasteiger partial charge < -0.3 is 23.7 Å². The number of cyclic esters (lactones) is 1. The summed E-state index contributed by atoms with van der Waals surface area (Å²) in [6.45, 7) is 14.4. The Bertz CT molecular complexity index is 893. The molecule has 0 bridgehead atoms. The summed E-state index contributed by atoms with van der Waals surface area (Å²) in [5.41, 5.74) is -0.718. The van der Waals surface area contributed by atoms with Crippen LogP contribution < -0.4 is 0 Å². The average Bonchev–Trinajstić information content (AvgIpc) is 2.85. The highest BCUT2D eigenvalue weighted by molar-refractivity contribution is 5.94. The van der Waals surface area contributed by atoms with E-state index in [1.54, 1.807) is 48.5 Å². The van der Waals surface area contributed by atoms with Gasteiger partial charge in [0.05, 0.1) is 19.3 Å².